The Morgan fingerprint density at radius 3 is 2.32 bits per heavy atom. The normalized spacial score (nSPS) is 16.5. The first-order valence-electron chi connectivity index (χ1n) is 12.6. The summed E-state index contributed by atoms with van der Waals surface area (Å²) in [4.78, 5) is 53.0. The van der Waals surface area contributed by atoms with Crippen LogP contribution in [-0.4, -0.2) is 114 Å². The molecule has 2 saturated heterocycles. The topological polar surface area (TPSA) is 125 Å². The van der Waals surface area contributed by atoms with E-state index in [9.17, 15) is 19.7 Å². The number of nitrogens with zero attached hydrogens (tertiary/aromatic N) is 7. The van der Waals surface area contributed by atoms with Gasteiger partial charge in [-0.25, -0.2) is 4.98 Å². The van der Waals surface area contributed by atoms with Crippen LogP contribution < -0.4 is 4.90 Å². The lowest BCUT2D eigenvalue weighted by atomic mass is 10.2. The molecular formula is C25H33N7O5. The highest BCUT2D eigenvalue weighted by atomic mass is 16.6. The first kappa shape index (κ1) is 26.4. The Labute approximate surface area is 216 Å². The fraction of sp³-hybridized carbons (Fsp3) is 0.520. The molecule has 2 amide bonds. The maximum atomic E-state index is 13.2. The Morgan fingerprint density at radius 2 is 1.70 bits per heavy atom. The number of carbonyl (C=O) groups excluding carboxylic acids is 2. The van der Waals surface area contributed by atoms with Gasteiger partial charge in [0.05, 0.1) is 30.0 Å². The highest BCUT2D eigenvalue weighted by Crippen LogP contribution is 2.21. The lowest BCUT2D eigenvalue weighted by molar-refractivity contribution is -0.384. The van der Waals surface area contributed by atoms with Crippen LogP contribution in [-0.2, 0) is 9.53 Å². The van der Waals surface area contributed by atoms with E-state index < -0.39 is 4.92 Å². The predicted octanol–water partition coefficient (Wildman–Crippen LogP) is 1.21. The number of nitro benzene ring substituents is 1. The smallest absolute Gasteiger partial charge is 0.274 e. The molecule has 12 heteroatoms. The maximum Gasteiger partial charge on any atom is 0.274 e. The van der Waals surface area contributed by atoms with Crippen LogP contribution in [0.25, 0.3) is 0 Å². The van der Waals surface area contributed by atoms with Gasteiger partial charge in [0.25, 0.3) is 11.6 Å². The lowest BCUT2D eigenvalue weighted by Crippen LogP contribution is -2.49. The third kappa shape index (κ3) is 7.20. The van der Waals surface area contributed by atoms with Gasteiger partial charge >= 0.3 is 0 Å². The van der Waals surface area contributed by atoms with Crippen molar-refractivity contribution in [1.29, 1.82) is 0 Å². The van der Waals surface area contributed by atoms with Crippen LogP contribution in [0.1, 0.15) is 22.6 Å². The molecule has 0 spiro atoms. The minimum absolute atomic E-state index is 0.00233. The molecule has 0 N–H and O–H groups in total. The van der Waals surface area contributed by atoms with Gasteiger partial charge in [0.1, 0.15) is 5.69 Å². The maximum absolute atomic E-state index is 13.2. The van der Waals surface area contributed by atoms with E-state index in [2.05, 4.69) is 19.8 Å². The van der Waals surface area contributed by atoms with Gasteiger partial charge in [0, 0.05) is 89.3 Å². The molecule has 0 unspecified atom stereocenters. The van der Waals surface area contributed by atoms with Gasteiger partial charge in [-0.05, 0) is 19.1 Å². The third-order valence-corrected chi connectivity index (χ3v) is 6.73. The summed E-state index contributed by atoms with van der Waals surface area (Å²) in [5, 5.41) is 10.9. The fourth-order valence-corrected chi connectivity index (χ4v) is 4.45. The number of anilines is 1. The largest absolute Gasteiger partial charge is 0.379 e. The Balaban J connectivity index is 1.31. The molecule has 1 aromatic carbocycles. The molecule has 198 valence electrons. The lowest BCUT2D eigenvalue weighted by Gasteiger charge is -2.36. The summed E-state index contributed by atoms with van der Waals surface area (Å²) in [6.45, 7) is 8.73. The second-order valence-corrected chi connectivity index (χ2v) is 9.18. The van der Waals surface area contributed by atoms with Crippen LogP contribution in [0.3, 0.4) is 0 Å². The predicted molar refractivity (Wildman–Crippen MR) is 136 cm³/mol. The van der Waals surface area contributed by atoms with Gasteiger partial charge in [-0.3, -0.25) is 29.6 Å². The fourth-order valence-electron chi connectivity index (χ4n) is 4.45. The molecule has 2 aromatic rings. The molecule has 1 aromatic heterocycles. The number of amides is 2. The number of hydrogen-bond acceptors (Lipinski definition) is 9. The molecular weight excluding hydrogens is 478 g/mol. The van der Waals surface area contributed by atoms with E-state index in [1.165, 1.54) is 18.3 Å². The molecule has 0 aliphatic carbocycles. The zero-order valence-electron chi connectivity index (χ0n) is 21.1. The average molecular weight is 512 g/mol. The van der Waals surface area contributed by atoms with Crippen molar-refractivity contribution >= 4 is 23.2 Å². The Kier molecular flexibility index (Phi) is 8.96. The Morgan fingerprint density at radius 1 is 1.00 bits per heavy atom. The highest BCUT2D eigenvalue weighted by molar-refractivity contribution is 5.92. The summed E-state index contributed by atoms with van der Waals surface area (Å²) in [7, 11) is 0. The number of non-ortho nitro benzene ring substituents is 1. The van der Waals surface area contributed by atoms with Gasteiger partial charge < -0.3 is 19.4 Å². The number of rotatable bonds is 9. The van der Waals surface area contributed by atoms with Crippen LogP contribution in [0.5, 0.6) is 0 Å². The molecule has 4 rings (SSSR count). The highest BCUT2D eigenvalue weighted by Gasteiger charge is 2.24. The van der Waals surface area contributed by atoms with E-state index in [0.29, 0.717) is 59.0 Å². The van der Waals surface area contributed by atoms with Gasteiger partial charge in [0.2, 0.25) is 5.91 Å². The zero-order chi connectivity index (χ0) is 26.2. The molecule has 12 nitrogen and oxygen atoms in total. The molecule has 0 saturated carbocycles. The number of aryl methyl sites for hydroxylation is 1. The van der Waals surface area contributed by atoms with Crippen molar-refractivity contribution in [1.82, 2.24) is 24.7 Å². The number of benzene rings is 1. The number of hydrogen-bond donors (Lipinski definition) is 0. The van der Waals surface area contributed by atoms with Gasteiger partial charge in [-0.2, -0.15) is 0 Å². The summed E-state index contributed by atoms with van der Waals surface area (Å²) in [6, 6.07) is 6.46. The van der Waals surface area contributed by atoms with E-state index in [1.54, 1.807) is 23.2 Å². The van der Waals surface area contributed by atoms with Crippen molar-refractivity contribution in [2.75, 3.05) is 77.0 Å². The van der Waals surface area contributed by atoms with Crippen molar-refractivity contribution in [3.8, 4) is 0 Å². The van der Waals surface area contributed by atoms with E-state index in [-0.39, 0.29) is 29.6 Å². The summed E-state index contributed by atoms with van der Waals surface area (Å²) in [5.41, 5.74) is 1.97. The van der Waals surface area contributed by atoms with E-state index in [4.69, 9.17) is 4.74 Å². The third-order valence-electron chi connectivity index (χ3n) is 6.73. The molecule has 2 fully saturated rings. The van der Waals surface area contributed by atoms with E-state index >= 15 is 0 Å². The van der Waals surface area contributed by atoms with Crippen LogP contribution in [0.15, 0.2) is 36.7 Å². The summed E-state index contributed by atoms with van der Waals surface area (Å²) in [6.07, 6.45) is 3.28. The minimum Gasteiger partial charge on any atom is -0.379 e. The molecule has 2 aliphatic rings. The van der Waals surface area contributed by atoms with Crippen molar-refractivity contribution in [3.63, 3.8) is 0 Å². The molecule has 37 heavy (non-hydrogen) atoms. The first-order valence-corrected chi connectivity index (χ1v) is 12.6. The second kappa shape index (κ2) is 12.5. The molecule has 0 radical (unpaired) electrons. The number of piperazine rings is 1. The zero-order valence-corrected chi connectivity index (χ0v) is 21.1. The van der Waals surface area contributed by atoms with Crippen molar-refractivity contribution in [3.05, 3.63) is 58.2 Å². The van der Waals surface area contributed by atoms with E-state index in [0.717, 1.165) is 24.5 Å². The standard InChI is InChI=1S/C25H33N7O5/c1-20-18-27-23(19-26-20)25(34)31(9-8-28-14-16-37-17-15-28)7-6-24(33)30-12-10-29(11-13-30)21-2-4-22(5-3-21)32(35)36/h2-5,18-19H,6-17H2,1H3. The number of carbonyl (C=O) groups is 2. The van der Waals surface area contributed by atoms with Crippen LogP contribution in [0.2, 0.25) is 0 Å². The number of aromatic nitrogens is 2. The molecule has 0 atom stereocenters. The van der Waals surface area contributed by atoms with Gasteiger partial charge in [-0.15, -0.1) is 0 Å². The Hall–Kier alpha value is -3.64. The quantitative estimate of drug-likeness (QED) is 0.361. The minimum atomic E-state index is -0.416. The first-order chi connectivity index (χ1) is 17.9. The second-order valence-electron chi connectivity index (χ2n) is 9.18. The van der Waals surface area contributed by atoms with Crippen molar-refractivity contribution in [2.24, 2.45) is 0 Å². The average Bonchev–Trinajstić information content (AvgIpc) is 2.93. The number of nitro groups is 1. The van der Waals surface area contributed by atoms with Crippen LogP contribution in [0.4, 0.5) is 11.4 Å². The summed E-state index contributed by atoms with van der Waals surface area (Å²) >= 11 is 0. The summed E-state index contributed by atoms with van der Waals surface area (Å²) in [5.74, 6) is -0.223. The van der Waals surface area contributed by atoms with Crippen molar-refractivity contribution < 1.29 is 19.2 Å². The Bertz CT molecular complexity index is 1070. The monoisotopic (exact) mass is 511 g/mol. The molecule has 0 bridgehead atoms. The molecule has 2 aliphatic heterocycles. The van der Waals surface area contributed by atoms with Crippen molar-refractivity contribution in [2.45, 2.75) is 13.3 Å². The summed E-state index contributed by atoms with van der Waals surface area (Å²) < 4.78 is 5.41. The SMILES string of the molecule is Cc1cnc(C(=O)N(CCC(=O)N2CCN(c3ccc([N+](=O)[O-])cc3)CC2)CCN2CCOCC2)cn1. The molecule has 3 heterocycles. The van der Waals surface area contributed by atoms with E-state index in [1.807, 2.05) is 11.8 Å². The van der Waals surface area contributed by atoms with Gasteiger partial charge in [0.15, 0.2) is 0 Å². The van der Waals surface area contributed by atoms with Crippen LogP contribution >= 0.6 is 0 Å². The van der Waals surface area contributed by atoms with Crippen LogP contribution in [0, 0.1) is 17.0 Å². The van der Waals surface area contributed by atoms with Gasteiger partial charge in [-0.1, -0.05) is 0 Å². The number of ether oxygens (including phenoxy) is 1. The number of morpholine rings is 1.